The number of carbonyl (C=O) groups is 2. The summed E-state index contributed by atoms with van der Waals surface area (Å²) in [7, 11) is 0. The zero-order valence-corrected chi connectivity index (χ0v) is 20.2. The molecule has 0 saturated heterocycles. The number of carbonyl (C=O) groups excluding carboxylic acids is 2. The van der Waals surface area contributed by atoms with Crippen LogP contribution in [0.1, 0.15) is 12.8 Å². The van der Waals surface area contributed by atoms with E-state index in [2.05, 4.69) is 29.9 Å². The molecule has 0 unspecified atom stereocenters. The maximum atomic E-state index is 10.3. The summed E-state index contributed by atoms with van der Waals surface area (Å²) in [5.74, 6) is -1.66. The molecule has 211 valence electrons. The molecule has 0 aromatic carbocycles. The minimum absolute atomic E-state index is 0. The second-order valence-electron chi connectivity index (χ2n) is 5.98. The average molecular weight is 583 g/mol. The Morgan fingerprint density at radius 2 is 1.00 bits per heavy atom. The molecule has 37 heavy (non-hydrogen) atoms. The van der Waals surface area contributed by atoms with E-state index in [0.29, 0.717) is 22.3 Å². The predicted octanol–water partition coefficient (Wildman–Crippen LogP) is -8.24. The smallest absolute Gasteiger partial charge is 0.550 e. The van der Waals surface area contributed by atoms with Gasteiger partial charge >= 0.3 is 16.8 Å². The number of rotatable bonds is 6. The molecule has 0 amide bonds. The van der Waals surface area contributed by atoms with E-state index in [4.69, 9.17) is 11.5 Å². The first-order chi connectivity index (χ1) is 14.4. The molecular weight excluding hydrogens is 551 g/mol. The van der Waals surface area contributed by atoms with Gasteiger partial charge in [-0.2, -0.15) is 0 Å². The molecule has 0 atom stereocenters. The topological polar surface area (TPSA) is 414 Å². The van der Waals surface area contributed by atoms with Gasteiger partial charge < -0.3 is 73.3 Å². The van der Waals surface area contributed by atoms with Crippen LogP contribution >= 0.6 is 0 Å². The minimum atomic E-state index is -1.11. The third-order valence-electron chi connectivity index (χ3n) is 3.97. The Balaban J connectivity index is -0.000000155. The van der Waals surface area contributed by atoms with Gasteiger partial charge in [-0.1, -0.05) is 0 Å². The van der Waals surface area contributed by atoms with E-state index < -0.39 is 11.9 Å². The fourth-order valence-corrected chi connectivity index (χ4v) is 2.55. The number of aliphatic carboxylic acids is 2. The van der Waals surface area contributed by atoms with Gasteiger partial charge in [0.1, 0.15) is 23.7 Å². The Morgan fingerprint density at radius 3 is 1.30 bits per heavy atom. The van der Waals surface area contributed by atoms with E-state index in [0.717, 1.165) is 0 Å². The number of nitrogens with zero attached hydrogens (tertiary/aromatic N) is 8. The van der Waals surface area contributed by atoms with Crippen LogP contribution in [0.2, 0.25) is 0 Å². The van der Waals surface area contributed by atoms with Crippen LogP contribution in [-0.4, -0.2) is 61.9 Å². The summed E-state index contributed by atoms with van der Waals surface area (Å²) in [5, 5.41) is 20.6. The third kappa shape index (κ3) is 10.6. The van der Waals surface area contributed by atoms with Gasteiger partial charge in [-0.05, 0) is 0 Å². The zero-order chi connectivity index (χ0) is 21.7. The normalized spacial score (nSPS) is 8.65. The maximum Gasteiger partial charge on any atom is 2.00 e. The van der Waals surface area contributed by atoms with Crippen molar-refractivity contribution in [2.24, 2.45) is 0 Å². The molecular formula is C16H32CoN10O10+4. The summed E-state index contributed by atoms with van der Waals surface area (Å²) in [5.41, 5.74) is 13.2. The van der Waals surface area contributed by atoms with Crippen molar-refractivity contribution in [1.29, 1.82) is 0 Å². The summed E-state index contributed by atoms with van der Waals surface area (Å²) in [6.07, 6.45) is 5.42. The maximum absolute atomic E-state index is 10.3. The van der Waals surface area contributed by atoms with Crippen LogP contribution in [0.4, 0.5) is 11.6 Å². The Labute approximate surface area is 217 Å². The molecule has 1 radical (unpaired) electrons. The SMILES string of the molecule is Nc1ncnc2c1ncn2CCC(=O)[O-].Nc1ncnc2c1ncn2CCC(=O)[O-].O.O.[Co+2].[OH3+].[OH3+].[OH3+].[OH3+]. The predicted molar refractivity (Wildman–Crippen MR) is 125 cm³/mol. The van der Waals surface area contributed by atoms with Gasteiger partial charge in [0.15, 0.2) is 22.9 Å². The molecule has 4 aromatic heterocycles. The van der Waals surface area contributed by atoms with E-state index in [1.54, 1.807) is 9.13 Å². The standard InChI is InChI=1S/2C8H9N5O2.Co.6H2O/c2*9-7-6-8(11-3-10-7)13(4-12-6)2-1-5(14)15;;;;;;;/h2*3-4H,1-2H2,(H,14,15)(H2,9,10,11);;6*1H2/q;;+2;;;;;;/p+2. The van der Waals surface area contributed by atoms with Crippen molar-refractivity contribution in [1.82, 2.24) is 39.0 Å². The summed E-state index contributed by atoms with van der Waals surface area (Å²) in [6, 6.07) is 0. The number of aromatic nitrogens is 8. The summed E-state index contributed by atoms with van der Waals surface area (Å²) < 4.78 is 3.20. The first kappa shape index (κ1) is 43.0. The Morgan fingerprint density at radius 1 is 0.676 bits per heavy atom. The van der Waals surface area contributed by atoms with Crippen molar-refractivity contribution in [2.75, 3.05) is 11.5 Å². The first-order valence-electron chi connectivity index (χ1n) is 8.59. The zero-order valence-electron chi connectivity index (χ0n) is 19.1. The number of nitrogens with two attached hydrogens (primary N) is 2. The Kier molecular flexibility index (Phi) is 22.2. The second-order valence-corrected chi connectivity index (χ2v) is 5.98. The van der Waals surface area contributed by atoms with Crippen LogP contribution < -0.4 is 21.7 Å². The molecule has 0 saturated carbocycles. The monoisotopic (exact) mass is 583 g/mol. The molecule has 0 aliphatic heterocycles. The number of nitrogen functional groups attached to an aromatic ring is 2. The van der Waals surface area contributed by atoms with Gasteiger partial charge in [0.25, 0.3) is 0 Å². The molecule has 21 heteroatoms. The molecule has 0 spiro atoms. The minimum Gasteiger partial charge on any atom is -0.550 e. The van der Waals surface area contributed by atoms with Crippen molar-refractivity contribution < 1.29 is 69.4 Å². The van der Waals surface area contributed by atoms with Crippen LogP contribution in [-0.2, 0) is 61.4 Å². The van der Waals surface area contributed by atoms with E-state index in [-0.39, 0.29) is 87.2 Å². The van der Waals surface area contributed by atoms with Gasteiger partial charge in [0.05, 0.1) is 12.7 Å². The number of aryl methyl sites for hydroxylation is 2. The van der Waals surface area contributed by atoms with E-state index >= 15 is 0 Å². The van der Waals surface area contributed by atoms with Crippen molar-refractivity contribution >= 4 is 45.9 Å². The third-order valence-corrected chi connectivity index (χ3v) is 3.97. The molecule has 4 heterocycles. The van der Waals surface area contributed by atoms with Gasteiger partial charge in [-0.15, -0.1) is 0 Å². The second kappa shape index (κ2) is 19.1. The van der Waals surface area contributed by atoms with Gasteiger partial charge in [0, 0.05) is 37.9 Å². The van der Waals surface area contributed by atoms with Gasteiger partial charge in [-0.25, -0.2) is 29.9 Å². The number of imidazole rings is 2. The fraction of sp³-hybridized carbons (Fsp3) is 0.250. The summed E-state index contributed by atoms with van der Waals surface area (Å²) >= 11 is 0. The molecule has 0 aliphatic rings. The van der Waals surface area contributed by atoms with Crippen LogP contribution in [0.3, 0.4) is 0 Å². The van der Waals surface area contributed by atoms with Crippen molar-refractivity contribution in [3.05, 3.63) is 25.3 Å². The quantitative estimate of drug-likeness (QED) is 0.200. The van der Waals surface area contributed by atoms with Crippen LogP contribution in [0.5, 0.6) is 0 Å². The first-order valence-corrected chi connectivity index (χ1v) is 8.59. The van der Waals surface area contributed by atoms with Crippen molar-refractivity contribution in [2.45, 2.75) is 25.9 Å². The van der Waals surface area contributed by atoms with E-state index in [1.165, 1.54) is 25.3 Å². The number of carboxylic acids is 2. The molecule has 0 aliphatic carbocycles. The van der Waals surface area contributed by atoms with Crippen LogP contribution in [0.15, 0.2) is 25.3 Å². The van der Waals surface area contributed by atoms with E-state index in [1.807, 2.05) is 0 Å². The number of fused-ring (bicyclic) bond motifs is 2. The van der Waals surface area contributed by atoms with Crippen molar-refractivity contribution in [3.8, 4) is 0 Å². The molecule has 0 bridgehead atoms. The molecule has 4 aromatic rings. The molecule has 20 N–H and O–H groups in total. The Bertz CT molecular complexity index is 1130. The number of hydrogen-bond donors (Lipinski definition) is 2. The van der Waals surface area contributed by atoms with Crippen LogP contribution in [0.25, 0.3) is 22.3 Å². The number of hydrogen-bond acceptors (Lipinski definition) is 12. The molecule has 0 fully saturated rings. The largest absolute Gasteiger partial charge is 2.00 e. The van der Waals surface area contributed by atoms with Crippen molar-refractivity contribution in [3.63, 3.8) is 0 Å². The summed E-state index contributed by atoms with van der Waals surface area (Å²) in [6.45, 7) is 0.518. The van der Waals surface area contributed by atoms with Gasteiger partial charge in [0.2, 0.25) is 0 Å². The summed E-state index contributed by atoms with van der Waals surface area (Å²) in [4.78, 5) is 44.1. The molecule has 4 rings (SSSR count). The number of anilines is 2. The van der Waals surface area contributed by atoms with E-state index in [9.17, 15) is 19.8 Å². The van der Waals surface area contributed by atoms with Crippen LogP contribution in [0, 0.1) is 0 Å². The fourth-order valence-electron chi connectivity index (χ4n) is 2.55. The van der Waals surface area contributed by atoms with Gasteiger partial charge in [-0.3, -0.25) is 0 Å². The Hall–Kier alpha value is -4.09. The average Bonchev–Trinajstić information content (AvgIpc) is 3.31. The molecule has 20 nitrogen and oxygen atoms in total. The number of carboxylic acid groups (broad SMARTS) is 2.